The third-order valence-corrected chi connectivity index (χ3v) is 3.77. The highest BCUT2D eigenvalue weighted by Crippen LogP contribution is 2.25. The number of nitrogens with two attached hydrogens (primary N) is 1. The molecule has 2 nitrogen and oxygen atoms in total. The Balaban J connectivity index is 2.78. The number of likely N-dealkylation sites (N-methyl/N-ethyl adjacent to an activating group) is 1. The van der Waals surface area contributed by atoms with Gasteiger partial charge in [-0.25, -0.2) is 0 Å². The van der Waals surface area contributed by atoms with E-state index in [2.05, 4.69) is 38.8 Å². The van der Waals surface area contributed by atoms with Gasteiger partial charge in [0.25, 0.3) is 0 Å². The summed E-state index contributed by atoms with van der Waals surface area (Å²) in [6.07, 6.45) is 1.12. The van der Waals surface area contributed by atoms with Crippen molar-refractivity contribution < 1.29 is 0 Å². The number of rotatable bonds is 6. The van der Waals surface area contributed by atoms with Crippen LogP contribution in [0.5, 0.6) is 0 Å². The quantitative estimate of drug-likeness (QED) is 0.852. The van der Waals surface area contributed by atoms with Crippen LogP contribution >= 0.6 is 11.6 Å². The standard InChI is InChI=1S/C15H25ClN2/c1-11(2)8-15(10-17)18(4)12(3)13-6-5-7-14(16)9-13/h5-7,9,11-12,15H,8,10,17H2,1-4H3. The van der Waals surface area contributed by atoms with Crippen LogP contribution in [0.25, 0.3) is 0 Å². The van der Waals surface area contributed by atoms with Crippen LogP contribution in [0.3, 0.4) is 0 Å². The van der Waals surface area contributed by atoms with E-state index in [1.54, 1.807) is 0 Å². The molecule has 2 unspecified atom stereocenters. The monoisotopic (exact) mass is 268 g/mol. The summed E-state index contributed by atoms with van der Waals surface area (Å²) in [5, 5.41) is 0.793. The van der Waals surface area contributed by atoms with Gasteiger partial charge >= 0.3 is 0 Å². The topological polar surface area (TPSA) is 29.3 Å². The summed E-state index contributed by atoms with van der Waals surface area (Å²) in [6.45, 7) is 7.37. The van der Waals surface area contributed by atoms with Crippen molar-refractivity contribution in [1.29, 1.82) is 0 Å². The van der Waals surface area contributed by atoms with Gasteiger partial charge in [-0.3, -0.25) is 4.90 Å². The number of hydrogen-bond acceptors (Lipinski definition) is 2. The lowest BCUT2D eigenvalue weighted by Crippen LogP contribution is -2.40. The first-order valence-electron chi connectivity index (χ1n) is 6.63. The molecule has 0 aliphatic heterocycles. The zero-order valence-corrected chi connectivity index (χ0v) is 12.6. The second-order valence-electron chi connectivity index (χ2n) is 5.42. The van der Waals surface area contributed by atoms with Crippen LogP contribution in [-0.2, 0) is 0 Å². The van der Waals surface area contributed by atoms with E-state index in [0.717, 1.165) is 11.4 Å². The normalized spacial score (nSPS) is 15.1. The molecular formula is C15H25ClN2. The third kappa shape index (κ3) is 4.27. The maximum atomic E-state index is 6.05. The molecule has 0 fully saturated rings. The van der Waals surface area contributed by atoms with Gasteiger partial charge in [-0.2, -0.15) is 0 Å². The molecule has 102 valence electrons. The maximum absolute atomic E-state index is 6.05. The Morgan fingerprint density at radius 1 is 1.28 bits per heavy atom. The minimum Gasteiger partial charge on any atom is -0.329 e. The SMILES string of the molecule is CC(C)CC(CN)N(C)C(C)c1cccc(Cl)c1. The Bertz CT molecular complexity index is 365. The van der Waals surface area contributed by atoms with Gasteiger partial charge in [-0.15, -0.1) is 0 Å². The molecule has 18 heavy (non-hydrogen) atoms. The van der Waals surface area contributed by atoms with Crippen molar-refractivity contribution in [2.45, 2.75) is 39.3 Å². The smallest absolute Gasteiger partial charge is 0.0409 e. The molecule has 1 aromatic carbocycles. The van der Waals surface area contributed by atoms with E-state index in [-0.39, 0.29) is 0 Å². The molecule has 3 heteroatoms. The Morgan fingerprint density at radius 2 is 1.94 bits per heavy atom. The summed E-state index contributed by atoms with van der Waals surface area (Å²) in [6, 6.07) is 8.81. The minimum atomic E-state index is 0.330. The van der Waals surface area contributed by atoms with E-state index < -0.39 is 0 Å². The summed E-state index contributed by atoms with van der Waals surface area (Å²) < 4.78 is 0. The number of nitrogens with zero attached hydrogens (tertiary/aromatic N) is 1. The van der Waals surface area contributed by atoms with Gasteiger partial charge in [0.15, 0.2) is 0 Å². The molecule has 0 amide bonds. The van der Waals surface area contributed by atoms with Crippen molar-refractivity contribution in [2.24, 2.45) is 11.7 Å². The van der Waals surface area contributed by atoms with Crippen LogP contribution in [-0.4, -0.2) is 24.5 Å². The van der Waals surface area contributed by atoms with Crippen LogP contribution in [0, 0.1) is 5.92 Å². The number of benzene rings is 1. The molecule has 2 N–H and O–H groups in total. The van der Waals surface area contributed by atoms with Gasteiger partial charge in [0.2, 0.25) is 0 Å². The van der Waals surface area contributed by atoms with Crippen molar-refractivity contribution in [2.75, 3.05) is 13.6 Å². The van der Waals surface area contributed by atoms with Crippen LogP contribution in [0.2, 0.25) is 5.02 Å². The zero-order valence-electron chi connectivity index (χ0n) is 11.9. The fourth-order valence-corrected chi connectivity index (χ4v) is 2.49. The van der Waals surface area contributed by atoms with Crippen molar-refractivity contribution in [3.05, 3.63) is 34.9 Å². The Morgan fingerprint density at radius 3 is 2.44 bits per heavy atom. The molecule has 0 saturated carbocycles. The van der Waals surface area contributed by atoms with Gasteiger partial charge in [0, 0.05) is 23.7 Å². The lowest BCUT2D eigenvalue weighted by molar-refractivity contribution is 0.167. The average Bonchev–Trinajstić information content (AvgIpc) is 2.34. The van der Waals surface area contributed by atoms with Crippen LogP contribution in [0.4, 0.5) is 0 Å². The summed E-state index contributed by atoms with van der Waals surface area (Å²) in [5.74, 6) is 0.660. The first kappa shape index (κ1) is 15.5. The molecule has 0 heterocycles. The summed E-state index contributed by atoms with van der Waals surface area (Å²) in [7, 11) is 2.14. The minimum absolute atomic E-state index is 0.330. The van der Waals surface area contributed by atoms with Gasteiger partial charge in [-0.1, -0.05) is 37.6 Å². The van der Waals surface area contributed by atoms with E-state index >= 15 is 0 Å². The summed E-state index contributed by atoms with van der Waals surface area (Å²) in [4.78, 5) is 2.35. The van der Waals surface area contributed by atoms with Gasteiger partial charge in [0.1, 0.15) is 0 Å². The molecule has 1 aromatic rings. The lowest BCUT2D eigenvalue weighted by Gasteiger charge is -2.33. The van der Waals surface area contributed by atoms with E-state index in [9.17, 15) is 0 Å². The Kier molecular flexibility index (Phi) is 6.13. The van der Waals surface area contributed by atoms with E-state index in [1.807, 2.05) is 18.2 Å². The van der Waals surface area contributed by atoms with Crippen molar-refractivity contribution in [3.63, 3.8) is 0 Å². The Hall–Kier alpha value is -0.570. The second-order valence-corrected chi connectivity index (χ2v) is 5.85. The number of halogens is 1. The predicted octanol–water partition coefficient (Wildman–Crippen LogP) is 3.71. The van der Waals surface area contributed by atoms with E-state index in [0.29, 0.717) is 24.5 Å². The van der Waals surface area contributed by atoms with Gasteiger partial charge in [-0.05, 0) is 44.0 Å². The highest BCUT2D eigenvalue weighted by atomic mass is 35.5. The first-order valence-corrected chi connectivity index (χ1v) is 7.01. The van der Waals surface area contributed by atoms with Gasteiger partial charge < -0.3 is 5.73 Å². The molecule has 0 bridgehead atoms. The van der Waals surface area contributed by atoms with Crippen molar-refractivity contribution >= 4 is 11.6 Å². The van der Waals surface area contributed by atoms with Crippen LogP contribution in [0.1, 0.15) is 38.8 Å². The van der Waals surface area contributed by atoms with Crippen LogP contribution < -0.4 is 5.73 Å². The molecule has 0 aliphatic rings. The predicted molar refractivity (Wildman–Crippen MR) is 79.9 cm³/mol. The fraction of sp³-hybridized carbons (Fsp3) is 0.600. The van der Waals surface area contributed by atoms with Gasteiger partial charge in [0.05, 0.1) is 0 Å². The zero-order chi connectivity index (χ0) is 13.7. The largest absolute Gasteiger partial charge is 0.329 e. The first-order chi connectivity index (χ1) is 8.45. The second kappa shape index (κ2) is 7.13. The highest BCUT2D eigenvalue weighted by molar-refractivity contribution is 6.30. The Labute approximate surface area is 116 Å². The third-order valence-electron chi connectivity index (χ3n) is 3.53. The van der Waals surface area contributed by atoms with E-state index in [4.69, 9.17) is 17.3 Å². The molecule has 0 radical (unpaired) electrons. The summed E-state index contributed by atoms with van der Waals surface area (Å²) in [5.41, 5.74) is 7.14. The average molecular weight is 269 g/mol. The van der Waals surface area contributed by atoms with Crippen molar-refractivity contribution in [1.82, 2.24) is 4.90 Å². The number of hydrogen-bond donors (Lipinski definition) is 1. The van der Waals surface area contributed by atoms with E-state index in [1.165, 1.54) is 5.56 Å². The molecule has 0 spiro atoms. The molecule has 0 saturated heterocycles. The summed E-state index contributed by atoms with van der Waals surface area (Å²) >= 11 is 6.05. The molecule has 0 aliphatic carbocycles. The molecule has 0 aromatic heterocycles. The lowest BCUT2D eigenvalue weighted by atomic mass is 9.99. The molecule has 1 rings (SSSR count). The fourth-order valence-electron chi connectivity index (χ4n) is 2.29. The van der Waals surface area contributed by atoms with Crippen LogP contribution in [0.15, 0.2) is 24.3 Å². The molecular weight excluding hydrogens is 244 g/mol. The highest BCUT2D eigenvalue weighted by Gasteiger charge is 2.20. The molecule has 2 atom stereocenters. The van der Waals surface area contributed by atoms with Crippen molar-refractivity contribution in [3.8, 4) is 0 Å². The maximum Gasteiger partial charge on any atom is 0.0409 e.